The average molecular weight is 541 g/mol. The van der Waals surface area contributed by atoms with Crippen LogP contribution < -0.4 is 0 Å². The van der Waals surface area contributed by atoms with Crippen molar-refractivity contribution in [1.29, 1.82) is 0 Å². The van der Waals surface area contributed by atoms with Gasteiger partial charge in [0.2, 0.25) is 0 Å². The second-order valence-corrected chi connectivity index (χ2v) is 10.8. The van der Waals surface area contributed by atoms with Crippen LogP contribution in [-0.2, 0) is 16.0 Å². The Bertz CT molecular complexity index is 1170. The van der Waals surface area contributed by atoms with Gasteiger partial charge >= 0.3 is 5.30 Å². The molecule has 0 N–H and O–H groups in total. The first-order valence-electron chi connectivity index (χ1n) is 11.4. The number of benzene rings is 1. The van der Waals surface area contributed by atoms with Crippen LogP contribution >= 0.6 is 34.9 Å². The van der Waals surface area contributed by atoms with Crippen LogP contribution in [0.15, 0.2) is 65.4 Å². The molecule has 3 rings (SSSR count). The summed E-state index contributed by atoms with van der Waals surface area (Å²) in [6.07, 6.45) is 4.51. The minimum Gasteiger partial charge on any atom is -0.461 e. The number of rotatable bonds is 10. The Labute approximate surface area is 224 Å². The van der Waals surface area contributed by atoms with Gasteiger partial charge in [-0.3, -0.25) is 14.6 Å². The summed E-state index contributed by atoms with van der Waals surface area (Å²) in [6, 6.07) is 11.7. The van der Waals surface area contributed by atoms with E-state index < -0.39 is 5.30 Å². The van der Waals surface area contributed by atoms with E-state index in [0.717, 1.165) is 32.7 Å². The van der Waals surface area contributed by atoms with Crippen molar-refractivity contribution in [2.45, 2.75) is 19.3 Å². The van der Waals surface area contributed by atoms with Crippen LogP contribution in [0.2, 0.25) is 0 Å². The van der Waals surface area contributed by atoms with E-state index in [4.69, 9.17) is 4.74 Å². The SMILES string of the molecule is C=C/C=C(/CCN1C(=O)SCCN1CCC(=O)Cc1cccc(C#Cc2cccs2)c1)SC(=O)OC. The number of hydrazine groups is 1. The lowest BCUT2D eigenvalue weighted by Gasteiger charge is -2.38. The largest absolute Gasteiger partial charge is 0.461 e. The molecule has 1 aromatic heterocycles. The van der Waals surface area contributed by atoms with Crippen molar-refractivity contribution in [2.75, 3.05) is 32.5 Å². The third-order valence-electron chi connectivity index (χ3n) is 5.21. The highest BCUT2D eigenvalue weighted by molar-refractivity contribution is 8.16. The number of carbonyl (C=O) groups is 3. The lowest BCUT2D eigenvalue weighted by atomic mass is 10.0. The first-order valence-corrected chi connectivity index (χ1v) is 14.1. The van der Waals surface area contributed by atoms with Gasteiger partial charge in [-0.2, -0.15) is 0 Å². The summed E-state index contributed by atoms with van der Waals surface area (Å²) < 4.78 is 4.72. The molecule has 6 nitrogen and oxygen atoms in total. The van der Waals surface area contributed by atoms with Gasteiger partial charge in [0, 0.05) is 43.8 Å². The zero-order valence-electron chi connectivity index (χ0n) is 20.1. The average Bonchev–Trinajstić information content (AvgIpc) is 3.39. The van der Waals surface area contributed by atoms with Gasteiger partial charge in [0.15, 0.2) is 0 Å². The van der Waals surface area contributed by atoms with Crippen LogP contribution in [0.1, 0.15) is 28.8 Å². The van der Waals surface area contributed by atoms with Crippen LogP contribution in [0.3, 0.4) is 0 Å². The van der Waals surface area contributed by atoms with Crippen molar-refractivity contribution in [1.82, 2.24) is 10.0 Å². The fraction of sp³-hybridized carbons (Fsp3) is 0.296. The molecule has 0 radical (unpaired) electrons. The summed E-state index contributed by atoms with van der Waals surface area (Å²) >= 11 is 3.85. The third-order valence-corrected chi connectivity index (χ3v) is 7.78. The van der Waals surface area contributed by atoms with Gasteiger partial charge in [-0.25, -0.2) is 9.80 Å². The molecule has 1 saturated heterocycles. The van der Waals surface area contributed by atoms with Crippen molar-refractivity contribution in [3.8, 4) is 11.8 Å². The second kappa shape index (κ2) is 14.7. The fourth-order valence-corrected chi connectivity index (χ4v) is 5.55. The maximum Gasteiger partial charge on any atom is 0.371 e. The summed E-state index contributed by atoms with van der Waals surface area (Å²) in [4.78, 5) is 38.8. The zero-order chi connectivity index (χ0) is 25.8. The van der Waals surface area contributed by atoms with E-state index >= 15 is 0 Å². The first kappa shape index (κ1) is 27.8. The Morgan fingerprint density at radius 2 is 2.06 bits per heavy atom. The summed E-state index contributed by atoms with van der Waals surface area (Å²) in [5.74, 6) is 7.09. The van der Waals surface area contributed by atoms with E-state index in [0.29, 0.717) is 44.6 Å². The number of thiophene rings is 1. The standard InChI is InChI=1S/C27H28N2O4S3/c1-3-6-25(36-27(32)33-2)13-15-29-26(31)35-18-16-28(29)14-12-23(30)20-22-8-4-7-21(19-22)10-11-24-9-5-17-34-24/h3-9,17,19H,1,12-16,18,20H2,2H3/b25-6-. The molecule has 2 heterocycles. The molecule has 2 aromatic rings. The Kier molecular flexibility index (Phi) is 11.4. The van der Waals surface area contributed by atoms with Gasteiger partial charge < -0.3 is 4.74 Å². The van der Waals surface area contributed by atoms with Crippen molar-refractivity contribution in [3.63, 3.8) is 0 Å². The molecule has 9 heteroatoms. The normalized spacial score (nSPS) is 14.2. The predicted molar refractivity (Wildman–Crippen MR) is 149 cm³/mol. The van der Waals surface area contributed by atoms with Crippen molar-refractivity contribution >= 4 is 51.2 Å². The fourth-order valence-electron chi connectivity index (χ4n) is 3.49. The number of methoxy groups -OCH3 is 1. The van der Waals surface area contributed by atoms with Crippen molar-refractivity contribution < 1.29 is 19.1 Å². The van der Waals surface area contributed by atoms with Crippen molar-refractivity contribution in [3.05, 3.63) is 81.4 Å². The molecule has 0 bridgehead atoms. The minimum atomic E-state index is -0.411. The number of Topliss-reactive ketones (excluding diaryl/α,β-unsaturated/α-hetero) is 1. The third kappa shape index (κ3) is 9.03. The molecule has 1 aliphatic rings. The molecule has 0 aliphatic carbocycles. The molecule has 1 amide bonds. The van der Waals surface area contributed by atoms with Gasteiger partial charge in [-0.1, -0.05) is 60.5 Å². The number of thioether (sulfide) groups is 2. The van der Waals surface area contributed by atoms with Gasteiger partial charge in [0.25, 0.3) is 5.24 Å². The van der Waals surface area contributed by atoms with Crippen LogP contribution in [0.5, 0.6) is 0 Å². The Balaban J connectivity index is 1.55. The summed E-state index contributed by atoms with van der Waals surface area (Å²) in [6.45, 7) is 5.25. The molecular formula is C27H28N2O4S3. The highest BCUT2D eigenvalue weighted by atomic mass is 32.2. The summed E-state index contributed by atoms with van der Waals surface area (Å²) in [7, 11) is 1.33. The number of amides is 1. The topological polar surface area (TPSA) is 66.9 Å². The minimum absolute atomic E-state index is 0.0493. The Morgan fingerprint density at radius 1 is 1.19 bits per heavy atom. The lowest BCUT2D eigenvalue weighted by molar-refractivity contribution is -0.119. The maximum atomic E-state index is 12.8. The van der Waals surface area contributed by atoms with Gasteiger partial charge in [0.05, 0.1) is 12.0 Å². The van der Waals surface area contributed by atoms with E-state index in [1.165, 1.54) is 18.9 Å². The number of hydrogen-bond donors (Lipinski definition) is 0. The van der Waals surface area contributed by atoms with Crippen molar-refractivity contribution in [2.24, 2.45) is 0 Å². The molecule has 1 aliphatic heterocycles. The summed E-state index contributed by atoms with van der Waals surface area (Å²) in [5.41, 5.74) is 1.81. The molecular weight excluding hydrogens is 513 g/mol. The molecule has 0 spiro atoms. The summed E-state index contributed by atoms with van der Waals surface area (Å²) in [5, 5.41) is 5.15. The van der Waals surface area contributed by atoms with Crippen LogP contribution in [0.25, 0.3) is 0 Å². The highest BCUT2D eigenvalue weighted by Crippen LogP contribution is 2.25. The van der Waals surface area contributed by atoms with E-state index in [1.54, 1.807) is 28.5 Å². The Morgan fingerprint density at radius 3 is 2.81 bits per heavy atom. The second-order valence-electron chi connectivity index (χ2n) is 7.76. The molecule has 1 fully saturated rings. The molecule has 36 heavy (non-hydrogen) atoms. The van der Waals surface area contributed by atoms with Crippen LogP contribution in [0, 0.1) is 11.8 Å². The molecule has 1 aromatic carbocycles. The zero-order valence-corrected chi connectivity index (χ0v) is 22.6. The number of hydrogen-bond acceptors (Lipinski definition) is 8. The number of ketones is 1. The van der Waals surface area contributed by atoms with E-state index in [9.17, 15) is 14.4 Å². The van der Waals surface area contributed by atoms with E-state index in [-0.39, 0.29) is 11.0 Å². The lowest BCUT2D eigenvalue weighted by Crippen LogP contribution is -2.50. The number of nitrogens with zero attached hydrogens (tertiary/aromatic N) is 2. The first-order chi connectivity index (χ1) is 17.5. The quantitative estimate of drug-likeness (QED) is 0.208. The van der Waals surface area contributed by atoms with Crippen LogP contribution in [0.4, 0.5) is 9.59 Å². The highest BCUT2D eigenvalue weighted by Gasteiger charge is 2.27. The van der Waals surface area contributed by atoms with E-state index in [1.807, 2.05) is 46.8 Å². The van der Waals surface area contributed by atoms with Gasteiger partial charge in [-0.15, -0.1) is 11.3 Å². The van der Waals surface area contributed by atoms with E-state index in [2.05, 4.69) is 18.4 Å². The Hall–Kier alpha value is -2.77. The van der Waals surface area contributed by atoms with Gasteiger partial charge in [0.1, 0.15) is 5.78 Å². The molecule has 0 unspecified atom stereocenters. The molecule has 188 valence electrons. The number of ether oxygens (including phenoxy) is 1. The number of allylic oxidation sites excluding steroid dienone is 2. The molecule has 0 atom stereocenters. The predicted octanol–water partition coefficient (Wildman–Crippen LogP) is 6.00. The maximum absolute atomic E-state index is 12.8. The number of carbonyl (C=O) groups excluding carboxylic acids is 3. The van der Waals surface area contributed by atoms with Gasteiger partial charge in [-0.05, 0) is 52.2 Å². The monoisotopic (exact) mass is 540 g/mol. The van der Waals surface area contributed by atoms with Crippen LogP contribution in [-0.4, -0.2) is 58.8 Å². The smallest absolute Gasteiger partial charge is 0.371 e. The molecule has 0 saturated carbocycles.